The molecule has 3 heterocycles. The van der Waals surface area contributed by atoms with Crippen LogP contribution in [0.1, 0.15) is 23.4 Å². The Morgan fingerprint density at radius 2 is 2.11 bits per heavy atom. The van der Waals surface area contributed by atoms with E-state index in [9.17, 15) is 18.0 Å². The van der Waals surface area contributed by atoms with Crippen molar-refractivity contribution in [1.29, 1.82) is 0 Å². The van der Waals surface area contributed by atoms with Crippen molar-refractivity contribution in [1.82, 2.24) is 9.38 Å². The smallest absolute Gasteiger partial charge is 0.406 e. The summed E-state index contributed by atoms with van der Waals surface area (Å²) in [7, 11) is 0. The predicted molar refractivity (Wildman–Crippen MR) is 96.6 cm³/mol. The molecule has 0 atom stereocenters. The molecular formula is C18H16F3N3O2S. The number of alkyl halides is 3. The second-order valence-corrected chi connectivity index (χ2v) is 7.28. The molecule has 0 fully saturated rings. The van der Waals surface area contributed by atoms with Gasteiger partial charge in [-0.25, -0.2) is 4.98 Å². The number of thiazole rings is 1. The van der Waals surface area contributed by atoms with Crippen molar-refractivity contribution in [2.45, 2.75) is 32.7 Å². The van der Waals surface area contributed by atoms with E-state index in [4.69, 9.17) is 0 Å². The maximum Gasteiger partial charge on any atom is 0.573 e. The summed E-state index contributed by atoms with van der Waals surface area (Å²) in [5.41, 5.74) is 3.01. The first-order valence-electron chi connectivity index (χ1n) is 8.40. The Bertz CT molecular complexity index is 1060. The van der Waals surface area contributed by atoms with Gasteiger partial charge >= 0.3 is 6.36 Å². The van der Waals surface area contributed by atoms with Crippen LogP contribution in [-0.4, -0.2) is 22.3 Å². The summed E-state index contributed by atoms with van der Waals surface area (Å²) in [6.07, 6.45) is -3.22. The van der Waals surface area contributed by atoms with E-state index in [1.807, 2.05) is 17.2 Å². The highest BCUT2D eigenvalue weighted by atomic mass is 32.1. The number of hydrogen-bond acceptors (Lipinski definition) is 5. The van der Waals surface area contributed by atoms with Crippen LogP contribution in [0.5, 0.6) is 5.75 Å². The van der Waals surface area contributed by atoms with E-state index in [1.54, 1.807) is 10.5 Å². The van der Waals surface area contributed by atoms with Crippen LogP contribution in [0.15, 0.2) is 34.4 Å². The van der Waals surface area contributed by atoms with E-state index in [0.29, 0.717) is 23.6 Å². The zero-order valence-electron chi connectivity index (χ0n) is 14.4. The van der Waals surface area contributed by atoms with E-state index in [1.165, 1.54) is 29.5 Å². The van der Waals surface area contributed by atoms with Crippen molar-refractivity contribution in [2.75, 3.05) is 11.4 Å². The first-order valence-corrected chi connectivity index (χ1v) is 9.28. The summed E-state index contributed by atoms with van der Waals surface area (Å²) < 4.78 is 42.9. The van der Waals surface area contributed by atoms with Gasteiger partial charge < -0.3 is 9.64 Å². The third-order valence-corrected chi connectivity index (χ3v) is 5.42. The quantitative estimate of drug-likeness (QED) is 0.675. The van der Waals surface area contributed by atoms with E-state index in [0.717, 1.165) is 29.9 Å². The minimum Gasteiger partial charge on any atom is -0.406 e. The minimum atomic E-state index is -4.71. The largest absolute Gasteiger partial charge is 0.573 e. The van der Waals surface area contributed by atoms with Gasteiger partial charge in [0.2, 0.25) is 0 Å². The van der Waals surface area contributed by atoms with E-state index >= 15 is 0 Å². The summed E-state index contributed by atoms with van der Waals surface area (Å²) in [5, 5.41) is 1.88. The van der Waals surface area contributed by atoms with Crippen LogP contribution < -0.4 is 15.2 Å². The average molecular weight is 395 g/mol. The molecule has 0 unspecified atom stereocenters. The summed E-state index contributed by atoms with van der Waals surface area (Å²) in [6, 6.07) is 5.90. The van der Waals surface area contributed by atoms with Gasteiger partial charge in [-0.15, -0.1) is 24.5 Å². The highest BCUT2D eigenvalue weighted by Crippen LogP contribution is 2.33. The van der Waals surface area contributed by atoms with Crippen molar-refractivity contribution in [3.63, 3.8) is 0 Å². The van der Waals surface area contributed by atoms with Crippen molar-refractivity contribution in [3.8, 4) is 5.75 Å². The molecule has 4 rings (SSSR count). The molecule has 3 aromatic rings. The number of hydrogen-bond donors (Lipinski definition) is 0. The van der Waals surface area contributed by atoms with Gasteiger partial charge in [-0.2, -0.15) is 0 Å². The zero-order valence-corrected chi connectivity index (χ0v) is 15.2. The number of ether oxygens (including phenoxy) is 1. The van der Waals surface area contributed by atoms with Crippen molar-refractivity contribution >= 4 is 22.0 Å². The number of halogens is 3. The molecule has 0 N–H and O–H groups in total. The lowest BCUT2D eigenvalue weighted by atomic mass is 10.0. The lowest BCUT2D eigenvalue weighted by Gasteiger charge is -2.31. The summed E-state index contributed by atoms with van der Waals surface area (Å²) in [5.74, 6) is -0.213. The van der Waals surface area contributed by atoms with Crippen LogP contribution in [0.3, 0.4) is 0 Å². The molecule has 0 bridgehead atoms. The minimum absolute atomic E-state index is 0.125. The normalized spacial score (nSPS) is 14.4. The van der Waals surface area contributed by atoms with Crippen LogP contribution in [0.2, 0.25) is 0 Å². The van der Waals surface area contributed by atoms with Crippen molar-refractivity contribution in [3.05, 3.63) is 57.0 Å². The Hall–Kier alpha value is -2.55. The van der Waals surface area contributed by atoms with Gasteiger partial charge in [0, 0.05) is 29.4 Å². The van der Waals surface area contributed by atoms with Crippen molar-refractivity contribution < 1.29 is 17.9 Å². The zero-order chi connectivity index (χ0) is 19.2. The SMILES string of the molecule is Cc1csc2nc(CN3CCCc4cc(OC(F)(F)F)ccc43)cc(=O)n12. The first kappa shape index (κ1) is 17.8. The molecule has 0 amide bonds. The van der Waals surface area contributed by atoms with Gasteiger partial charge in [-0.1, -0.05) is 0 Å². The molecule has 5 nitrogen and oxygen atoms in total. The molecule has 0 saturated heterocycles. The van der Waals surface area contributed by atoms with Crippen LogP contribution in [-0.2, 0) is 13.0 Å². The standard InChI is InChI=1S/C18H16F3N3O2S/c1-11-10-27-17-22-13(8-16(25)24(11)17)9-23-6-2-3-12-7-14(4-5-15(12)23)26-18(19,20)21/h4-5,7-8,10H,2-3,6,9H2,1H3. The second kappa shape index (κ2) is 6.56. The molecule has 0 aliphatic carbocycles. The number of benzene rings is 1. The van der Waals surface area contributed by atoms with Crippen LogP contribution in [0.25, 0.3) is 4.96 Å². The van der Waals surface area contributed by atoms with Crippen molar-refractivity contribution in [2.24, 2.45) is 0 Å². The molecule has 0 radical (unpaired) electrons. The fraction of sp³-hybridized carbons (Fsp3) is 0.333. The molecule has 2 aromatic heterocycles. The summed E-state index contributed by atoms with van der Waals surface area (Å²) in [6.45, 7) is 3.03. The second-order valence-electron chi connectivity index (χ2n) is 6.44. The molecule has 1 aromatic carbocycles. The maximum absolute atomic E-state index is 12.4. The van der Waals surface area contributed by atoms with E-state index < -0.39 is 6.36 Å². The van der Waals surface area contributed by atoms with Gasteiger partial charge in [-0.3, -0.25) is 9.20 Å². The van der Waals surface area contributed by atoms with Gasteiger partial charge in [-0.05, 0) is 43.5 Å². The van der Waals surface area contributed by atoms with Gasteiger partial charge in [0.15, 0.2) is 4.96 Å². The summed E-state index contributed by atoms with van der Waals surface area (Å²) >= 11 is 1.41. The molecule has 1 aliphatic heterocycles. The third kappa shape index (κ3) is 3.64. The topological polar surface area (TPSA) is 46.8 Å². The lowest BCUT2D eigenvalue weighted by molar-refractivity contribution is -0.274. The summed E-state index contributed by atoms with van der Waals surface area (Å²) in [4.78, 5) is 19.6. The Labute approximate surface area is 156 Å². The number of nitrogens with zero attached hydrogens (tertiary/aromatic N) is 3. The number of rotatable bonds is 3. The third-order valence-electron chi connectivity index (χ3n) is 4.48. The van der Waals surface area contributed by atoms with Crippen LogP contribution in [0.4, 0.5) is 18.9 Å². The van der Waals surface area contributed by atoms with Crippen LogP contribution in [0, 0.1) is 6.92 Å². The molecule has 0 saturated carbocycles. The number of fused-ring (bicyclic) bond motifs is 2. The number of aromatic nitrogens is 2. The Balaban J connectivity index is 1.62. The fourth-order valence-electron chi connectivity index (χ4n) is 3.39. The number of aryl methyl sites for hydroxylation is 2. The Morgan fingerprint density at radius 3 is 2.89 bits per heavy atom. The van der Waals surface area contributed by atoms with Gasteiger partial charge in [0.05, 0.1) is 12.2 Å². The average Bonchev–Trinajstić information content (AvgIpc) is 2.95. The fourth-order valence-corrected chi connectivity index (χ4v) is 4.28. The first-order chi connectivity index (χ1) is 12.8. The molecule has 1 aliphatic rings. The van der Waals surface area contributed by atoms with E-state index in [2.05, 4.69) is 9.72 Å². The molecule has 27 heavy (non-hydrogen) atoms. The van der Waals surface area contributed by atoms with Gasteiger partial charge in [0.1, 0.15) is 5.75 Å². The molecular weight excluding hydrogens is 379 g/mol. The van der Waals surface area contributed by atoms with E-state index in [-0.39, 0.29) is 11.3 Å². The molecule has 0 spiro atoms. The molecule has 142 valence electrons. The lowest BCUT2D eigenvalue weighted by Crippen LogP contribution is -2.30. The highest BCUT2D eigenvalue weighted by molar-refractivity contribution is 7.15. The monoisotopic (exact) mass is 395 g/mol. The number of anilines is 1. The van der Waals surface area contributed by atoms with Gasteiger partial charge in [0.25, 0.3) is 5.56 Å². The predicted octanol–water partition coefficient (Wildman–Crippen LogP) is 3.92. The molecule has 9 heteroatoms. The highest BCUT2D eigenvalue weighted by Gasteiger charge is 2.31. The Morgan fingerprint density at radius 1 is 1.30 bits per heavy atom. The van der Waals surface area contributed by atoms with Crippen LogP contribution >= 0.6 is 11.3 Å². The maximum atomic E-state index is 12.4. The Kier molecular flexibility index (Phi) is 4.33.